The molecule has 0 radical (unpaired) electrons. The number of anilines is 2. The summed E-state index contributed by atoms with van der Waals surface area (Å²) in [6.07, 6.45) is 1.46. The maximum absolute atomic E-state index is 13.7. The van der Waals surface area contributed by atoms with E-state index in [0.717, 1.165) is 16.7 Å². The molecule has 2 aromatic heterocycles. The van der Waals surface area contributed by atoms with E-state index in [1.54, 1.807) is 22.7 Å². The predicted molar refractivity (Wildman–Crippen MR) is 226 cm³/mol. The molecule has 5 N–H and O–H groups in total. The van der Waals surface area contributed by atoms with Crippen molar-refractivity contribution < 1.29 is 29.3 Å². The monoisotopic (exact) mass is 815 g/mol. The molecule has 3 amide bonds. The number of piperidine rings is 1. The van der Waals surface area contributed by atoms with E-state index in [0.29, 0.717) is 74.9 Å². The summed E-state index contributed by atoms with van der Waals surface area (Å²) in [6, 6.07) is 28.6. The number of carbonyl (C=O) groups is 3. The van der Waals surface area contributed by atoms with E-state index in [9.17, 15) is 24.6 Å². The Labute approximate surface area is 349 Å². The molecule has 3 aliphatic rings. The lowest BCUT2D eigenvalue weighted by molar-refractivity contribution is -0.127. The van der Waals surface area contributed by atoms with Crippen molar-refractivity contribution in [1.29, 1.82) is 0 Å². The Kier molecular flexibility index (Phi) is 12.5. The van der Waals surface area contributed by atoms with Crippen molar-refractivity contribution in [3.63, 3.8) is 0 Å². The Bertz CT molecular complexity index is 2200. The van der Waals surface area contributed by atoms with Gasteiger partial charge in [0.25, 0.3) is 0 Å². The van der Waals surface area contributed by atoms with Gasteiger partial charge < -0.3 is 45.3 Å². The second kappa shape index (κ2) is 18.5. The molecule has 0 spiro atoms. The minimum Gasteiger partial charge on any atom is -0.445 e. The molecule has 1 aliphatic carbocycles. The van der Waals surface area contributed by atoms with Crippen LogP contribution in [0.5, 0.6) is 0 Å². The molecule has 3 aromatic carbocycles. The number of hydrogen-bond acceptors (Lipinski definition) is 11. The highest BCUT2D eigenvalue weighted by Crippen LogP contribution is 2.36. The highest BCUT2D eigenvalue weighted by molar-refractivity contribution is 5.85. The number of hydrogen-bond donors (Lipinski definition) is 5. The fraction of sp³-hybridized carbons (Fsp3) is 0.422. The molecule has 0 bridgehead atoms. The lowest BCUT2D eigenvalue weighted by atomic mass is 9.91. The molecular formula is C45H53N9O6. The van der Waals surface area contributed by atoms with Crippen LogP contribution in [0.3, 0.4) is 0 Å². The summed E-state index contributed by atoms with van der Waals surface area (Å²) in [5.74, 6) is 0.298. The average molecular weight is 816 g/mol. The van der Waals surface area contributed by atoms with Gasteiger partial charge in [0.1, 0.15) is 18.8 Å². The fourth-order valence-electron chi connectivity index (χ4n) is 8.69. The highest BCUT2D eigenvalue weighted by atomic mass is 16.6. The normalized spacial score (nSPS) is 22.9. The smallest absolute Gasteiger partial charge is 0.410 e. The summed E-state index contributed by atoms with van der Waals surface area (Å²) in [5, 5.41) is 31.9. The summed E-state index contributed by atoms with van der Waals surface area (Å²) in [5.41, 5.74) is 4.17. The number of carbonyl (C=O) groups excluding carboxylic acids is 3. The SMILES string of the molecule is CCC(=O)N[C@H]1C[C@@H](n2cnc3c(NCC(c4ccccc4)c4ccccc4)nc(N4CC[C@@H](NC(=O)C5CCCN(C(=O)OCc6ccccc6)C5)C4)nc32)[C@H](O)[C@@H]1O. The maximum atomic E-state index is 13.7. The van der Waals surface area contributed by atoms with Gasteiger partial charge in [0.05, 0.1) is 24.3 Å². The Morgan fingerprint density at radius 3 is 2.25 bits per heavy atom. The van der Waals surface area contributed by atoms with Crippen LogP contribution < -0.4 is 20.9 Å². The van der Waals surface area contributed by atoms with Gasteiger partial charge in [-0.1, -0.05) is 97.9 Å². The number of fused-ring (bicyclic) bond motifs is 1. The van der Waals surface area contributed by atoms with Gasteiger partial charge in [-0.25, -0.2) is 9.78 Å². The molecule has 15 heteroatoms. The lowest BCUT2D eigenvalue weighted by Crippen LogP contribution is -2.48. The summed E-state index contributed by atoms with van der Waals surface area (Å²) < 4.78 is 7.34. The molecule has 8 rings (SSSR count). The first-order chi connectivity index (χ1) is 29.2. The van der Waals surface area contributed by atoms with Crippen molar-refractivity contribution in [2.45, 2.75) is 81.9 Å². The van der Waals surface area contributed by atoms with Gasteiger partial charge in [-0.15, -0.1) is 0 Å². The Morgan fingerprint density at radius 2 is 1.55 bits per heavy atom. The van der Waals surface area contributed by atoms with Crippen molar-refractivity contribution in [2.75, 3.05) is 42.9 Å². The summed E-state index contributed by atoms with van der Waals surface area (Å²) >= 11 is 0. The van der Waals surface area contributed by atoms with E-state index in [2.05, 4.69) is 40.2 Å². The number of likely N-dealkylation sites (tertiary alicyclic amines) is 1. The zero-order valence-corrected chi connectivity index (χ0v) is 33.8. The van der Waals surface area contributed by atoms with Crippen LogP contribution in [0.2, 0.25) is 0 Å². The maximum Gasteiger partial charge on any atom is 0.410 e. The van der Waals surface area contributed by atoms with Crippen LogP contribution in [0.4, 0.5) is 16.6 Å². The number of nitrogens with zero attached hydrogens (tertiary/aromatic N) is 6. The second-order valence-corrected chi connectivity index (χ2v) is 16.0. The Hall–Kier alpha value is -6.06. The highest BCUT2D eigenvalue weighted by Gasteiger charge is 2.44. The van der Waals surface area contributed by atoms with Crippen LogP contribution in [-0.4, -0.2) is 110 Å². The molecule has 2 saturated heterocycles. The molecule has 3 fully saturated rings. The third-order valence-corrected chi connectivity index (χ3v) is 12.0. The first-order valence-corrected chi connectivity index (χ1v) is 21.0. The third-order valence-electron chi connectivity index (χ3n) is 12.0. The van der Waals surface area contributed by atoms with Gasteiger partial charge in [-0.3, -0.25) is 9.59 Å². The predicted octanol–water partition coefficient (Wildman–Crippen LogP) is 4.38. The summed E-state index contributed by atoms with van der Waals surface area (Å²) in [6.45, 7) is 4.31. The number of ether oxygens (including phenoxy) is 1. The quantitative estimate of drug-likeness (QED) is 0.114. The topological polar surface area (TPSA) is 187 Å². The number of aliphatic hydroxyl groups is 2. The van der Waals surface area contributed by atoms with Crippen molar-refractivity contribution >= 4 is 40.8 Å². The standard InChI is InChI=1S/C45H53N9O6/c1-2-37(55)49-35-23-36(40(57)39(35)56)54-28-47-38-41(46-24-34(30-15-8-4-9-16-30)31-17-10-5-11-18-31)50-44(51-42(38)54)52-22-20-33(26-52)48-43(58)32-19-12-21-53(25-32)45(59)60-27-29-13-6-3-7-14-29/h3-11,13-18,28,32-36,39-40,56-57H,2,12,19-27H2,1H3,(H,48,58)(H,49,55)(H,46,50,51)/t32?,33-,35+,36-,39-,40+/m1/s1. The van der Waals surface area contributed by atoms with Crippen molar-refractivity contribution in [3.05, 3.63) is 114 Å². The van der Waals surface area contributed by atoms with Crippen molar-refractivity contribution in [1.82, 2.24) is 35.1 Å². The Morgan fingerprint density at radius 1 is 0.850 bits per heavy atom. The van der Waals surface area contributed by atoms with Crippen LogP contribution in [0, 0.1) is 5.92 Å². The molecule has 1 saturated carbocycles. The third kappa shape index (κ3) is 9.06. The van der Waals surface area contributed by atoms with Gasteiger partial charge in [0.2, 0.25) is 17.8 Å². The van der Waals surface area contributed by atoms with Gasteiger partial charge in [0, 0.05) is 51.1 Å². The molecule has 15 nitrogen and oxygen atoms in total. The number of aromatic nitrogens is 4. The second-order valence-electron chi connectivity index (χ2n) is 16.0. The Balaban J connectivity index is 1.01. The van der Waals surface area contributed by atoms with Crippen LogP contribution in [-0.2, 0) is 20.9 Å². The van der Waals surface area contributed by atoms with Crippen LogP contribution in [0.15, 0.2) is 97.3 Å². The number of aliphatic hydroxyl groups excluding tert-OH is 2. The molecular weight excluding hydrogens is 763 g/mol. The molecule has 5 aromatic rings. The average Bonchev–Trinajstić information content (AvgIpc) is 4.01. The first-order valence-electron chi connectivity index (χ1n) is 21.0. The van der Waals surface area contributed by atoms with E-state index >= 15 is 0 Å². The molecule has 4 heterocycles. The van der Waals surface area contributed by atoms with Gasteiger partial charge in [0.15, 0.2) is 17.0 Å². The molecule has 1 unspecified atom stereocenters. The van der Waals surface area contributed by atoms with E-state index in [-0.39, 0.29) is 49.1 Å². The summed E-state index contributed by atoms with van der Waals surface area (Å²) in [4.78, 5) is 57.3. The molecule has 2 aliphatic heterocycles. The number of amides is 3. The molecule has 6 atom stereocenters. The van der Waals surface area contributed by atoms with E-state index in [1.165, 1.54) is 0 Å². The van der Waals surface area contributed by atoms with Crippen molar-refractivity contribution in [2.24, 2.45) is 5.92 Å². The number of nitrogens with one attached hydrogen (secondary N) is 3. The number of benzene rings is 3. The van der Waals surface area contributed by atoms with E-state index in [4.69, 9.17) is 19.7 Å². The summed E-state index contributed by atoms with van der Waals surface area (Å²) in [7, 11) is 0. The van der Waals surface area contributed by atoms with Gasteiger partial charge >= 0.3 is 6.09 Å². The zero-order valence-electron chi connectivity index (χ0n) is 33.8. The zero-order chi connectivity index (χ0) is 41.6. The van der Waals surface area contributed by atoms with Gasteiger partial charge in [-0.05, 0) is 42.4 Å². The van der Waals surface area contributed by atoms with E-state index in [1.807, 2.05) is 71.6 Å². The minimum absolute atomic E-state index is 0.00880. The minimum atomic E-state index is -1.17. The van der Waals surface area contributed by atoms with E-state index < -0.39 is 30.4 Å². The molecule has 60 heavy (non-hydrogen) atoms. The number of imidazole rings is 1. The van der Waals surface area contributed by atoms with Gasteiger partial charge in [-0.2, -0.15) is 9.97 Å². The first kappa shape index (κ1) is 40.7. The molecule has 314 valence electrons. The lowest BCUT2D eigenvalue weighted by Gasteiger charge is -2.32. The van der Waals surface area contributed by atoms with Crippen molar-refractivity contribution in [3.8, 4) is 0 Å². The largest absolute Gasteiger partial charge is 0.445 e. The number of rotatable bonds is 13. The van der Waals surface area contributed by atoms with Crippen LogP contribution >= 0.6 is 0 Å². The fourth-order valence-corrected chi connectivity index (χ4v) is 8.69. The van der Waals surface area contributed by atoms with Crippen LogP contribution in [0.25, 0.3) is 11.2 Å². The van der Waals surface area contributed by atoms with Crippen LogP contribution in [0.1, 0.15) is 67.7 Å².